The molecule has 0 unspecified atom stereocenters. The van der Waals surface area contributed by atoms with Crippen molar-refractivity contribution in [3.05, 3.63) is 28.2 Å². The average molecular weight is 349 g/mol. The number of ether oxygens (including phenoxy) is 1. The molecule has 2 atom stereocenters. The van der Waals surface area contributed by atoms with Crippen LogP contribution in [0.25, 0.3) is 0 Å². The SMILES string of the molecule is C[C@H](NC(=O)Nc1ncn(C(C)(C)C)n1)[C@H]1OCCc2sccc21. The summed E-state index contributed by atoms with van der Waals surface area (Å²) >= 11 is 1.74. The van der Waals surface area contributed by atoms with E-state index < -0.39 is 0 Å². The molecule has 1 aliphatic heterocycles. The molecule has 0 spiro atoms. The zero-order valence-electron chi connectivity index (χ0n) is 14.4. The van der Waals surface area contributed by atoms with Crippen LogP contribution >= 0.6 is 11.3 Å². The number of hydrogen-bond acceptors (Lipinski definition) is 5. The van der Waals surface area contributed by atoms with E-state index in [1.165, 1.54) is 10.4 Å². The van der Waals surface area contributed by atoms with Gasteiger partial charge in [-0.05, 0) is 44.7 Å². The van der Waals surface area contributed by atoms with Crippen molar-refractivity contribution in [3.8, 4) is 0 Å². The fraction of sp³-hybridized carbons (Fsp3) is 0.562. The molecule has 3 heterocycles. The molecule has 0 aromatic carbocycles. The normalized spacial score (nSPS) is 18.8. The van der Waals surface area contributed by atoms with E-state index >= 15 is 0 Å². The Morgan fingerprint density at radius 1 is 1.50 bits per heavy atom. The van der Waals surface area contributed by atoms with Crippen LogP contribution in [0.15, 0.2) is 17.8 Å². The van der Waals surface area contributed by atoms with Gasteiger partial charge in [0.1, 0.15) is 12.4 Å². The molecule has 0 radical (unpaired) electrons. The van der Waals surface area contributed by atoms with Gasteiger partial charge in [-0.2, -0.15) is 0 Å². The monoisotopic (exact) mass is 349 g/mol. The number of rotatable bonds is 3. The lowest BCUT2D eigenvalue weighted by molar-refractivity contribution is 0.0238. The van der Waals surface area contributed by atoms with Crippen molar-refractivity contribution >= 4 is 23.3 Å². The van der Waals surface area contributed by atoms with Gasteiger partial charge in [0.05, 0.1) is 18.2 Å². The van der Waals surface area contributed by atoms with Crippen molar-refractivity contribution in [2.45, 2.75) is 51.8 Å². The minimum atomic E-state index is -0.333. The predicted molar refractivity (Wildman–Crippen MR) is 93.4 cm³/mol. The zero-order chi connectivity index (χ0) is 17.3. The molecular weight excluding hydrogens is 326 g/mol. The first-order chi connectivity index (χ1) is 11.3. The van der Waals surface area contributed by atoms with Crippen LogP contribution in [0.4, 0.5) is 10.7 Å². The molecule has 24 heavy (non-hydrogen) atoms. The van der Waals surface area contributed by atoms with Crippen LogP contribution in [0.3, 0.4) is 0 Å². The van der Waals surface area contributed by atoms with E-state index in [1.807, 2.05) is 27.7 Å². The molecule has 130 valence electrons. The highest BCUT2D eigenvalue weighted by Gasteiger charge is 2.28. The van der Waals surface area contributed by atoms with Gasteiger partial charge in [0, 0.05) is 11.3 Å². The molecule has 0 fully saturated rings. The van der Waals surface area contributed by atoms with Crippen LogP contribution in [0, 0.1) is 0 Å². The van der Waals surface area contributed by atoms with Crippen molar-refractivity contribution < 1.29 is 9.53 Å². The molecule has 7 nitrogen and oxygen atoms in total. The summed E-state index contributed by atoms with van der Waals surface area (Å²) in [7, 11) is 0. The van der Waals surface area contributed by atoms with Gasteiger partial charge in [-0.15, -0.1) is 16.4 Å². The number of aromatic nitrogens is 3. The van der Waals surface area contributed by atoms with Crippen molar-refractivity contribution in [2.24, 2.45) is 0 Å². The first kappa shape index (κ1) is 16.9. The highest BCUT2D eigenvalue weighted by molar-refractivity contribution is 7.10. The van der Waals surface area contributed by atoms with E-state index in [1.54, 1.807) is 22.3 Å². The number of urea groups is 1. The smallest absolute Gasteiger partial charge is 0.321 e. The second-order valence-electron chi connectivity index (χ2n) is 6.91. The Labute approximate surface area is 145 Å². The summed E-state index contributed by atoms with van der Waals surface area (Å²) in [4.78, 5) is 17.7. The summed E-state index contributed by atoms with van der Waals surface area (Å²) in [6, 6.07) is 1.59. The van der Waals surface area contributed by atoms with Crippen LogP contribution in [0.1, 0.15) is 44.2 Å². The molecule has 0 bridgehead atoms. The first-order valence-electron chi connectivity index (χ1n) is 8.02. The van der Waals surface area contributed by atoms with Crippen molar-refractivity contribution in [3.63, 3.8) is 0 Å². The predicted octanol–water partition coefficient (Wildman–Crippen LogP) is 2.92. The molecule has 2 aromatic heterocycles. The lowest BCUT2D eigenvalue weighted by Gasteiger charge is -2.29. The summed E-state index contributed by atoms with van der Waals surface area (Å²) in [5.41, 5.74) is 0.997. The maximum Gasteiger partial charge on any atom is 0.321 e. The third kappa shape index (κ3) is 3.59. The van der Waals surface area contributed by atoms with Gasteiger partial charge in [-0.1, -0.05) is 0 Å². The van der Waals surface area contributed by atoms with Gasteiger partial charge in [0.15, 0.2) is 0 Å². The third-order valence-corrected chi connectivity index (χ3v) is 4.93. The fourth-order valence-electron chi connectivity index (χ4n) is 2.65. The van der Waals surface area contributed by atoms with Crippen LogP contribution in [0.2, 0.25) is 0 Å². The molecule has 2 N–H and O–H groups in total. The number of carbonyl (C=O) groups is 1. The van der Waals surface area contributed by atoms with Crippen LogP contribution in [-0.4, -0.2) is 33.4 Å². The minimum absolute atomic E-state index is 0.120. The third-order valence-electron chi connectivity index (χ3n) is 3.93. The topological polar surface area (TPSA) is 81.1 Å². The van der Waals surface area contributed by atoms with Crippen molar-refractivity contribution in [2.75, 3.05) is 11.9 Å². The van der Waals surface area contributed by atoms with Crippen LogP contribution < -0.4 is 10.6 Å². The Morgan fingerprint density at radius 2 is 2.29 bits per heavy atom. The number of carbonyl (C=O) groups excluding carboxylic acids is 1. The summed E-state index contributed by atoms with van der Waals surface area (Å²) in [5.74, 6) is 0.287. The Kier molecular flexibility index (Phi) is 4.60. The van der Waals surface area contributed by atoms with E-state index in [0.29, 0.717) is 6.61 Å². The lowest BCUT2D eigenvalue weighted by Crippen LogP contribution is -2.41. The summed E-state index contributed by atoms with van der Waals surface area (Å²) in [6.45, 7) is 8.69. The highest BCUT2D eigenvalue weighted by Crippen LogP contribution is 2.33. The molecule has 0 aliphatic carbocycles. The van der Waals surface area contributed by atoms with E-state index in [9.17, 15) is 4.79 Å². The largest absolute Gasteiger partial charge is 0.371 e. The number of thiophene rings is 1. The van der Waals surface area contributed by atoms with Gasteiger partial charge < -0.3 is 10.1 Å². The van der Waals surface area contributed by atoms with Crippen LogP contribution in [0.5, 0.6) is 0 Å². The Hall–Kier alpha value is -1.93. The molecular formula is C16H23N5O2S. The Balaban J connectivity index is 1.60. The maximum atomic E-state index is 12.2. The number of nitrogens with zero attached hydrogens (tertiary/aromatic N) is 3. The Bertz CT molecular complexity index is 718. The minimum Gasteiger partial charge on any atom is -0.371 e. The van der Waals surface area contributed by atoms with E-state index in [2.05, 4.69) is 32.2 Å². The van der Waals surface area contributed by atoms with E-state index in [0.717, 1.165) is 6.42 Å². The number of nitrogens with one attached hydrogen (secondary N) is 2. The van der Waals surface area contributed by atoms with Gasteiger partial charge in [-0.3, -0.25) is 5.32 Å². The van der Waals surface area contributed by atoms with E-state index in [4.69, 9.17) is 4.74 Å². The molecule has 2 aromatic rings. The van der Waals surface area contributed by atoms with Gasteiger partial charge >= 0.3 is 6.03 Å². The molecule has 2 amide bonds. The molecule has 3 rings (SSSR count). The van der Waals surface area contributed by atoms with Crippen molar-refractivity contribution in [1.82, 2.24) is 20.1 Å². The lowest BCUT2D eigenvalue weighted by atomic mass is 10.0. The fourth-order valence-corrected chi connectivity index (χ4v) is 3.55. The van der Waals surface area contributed by atoms with E-state index in [-0.39, 0.29) is 29.7 Å². The molecule has 0 saturated carbocycles. The summed E-state index contributed by atoms with van der Waals surface area (Å²) in [6.07, 6.45) is 2.43. The number of hydrogen-bond donors (Lipinski definition) is 2. The standard InChI is InChI=1S/C16H23N5O2S/c1-10(13-11-6-8-24-12(11)5-7-23-13)18-15(22)19-14-17-9-21(20-14)16(2,3)4/h6,8-10,13H,5,7H2,1-4H3,(H2,18,19,20,22)/t10-,13+/m0/s1. The second kappa shape index (κ2) is 6.52. The average Bonchev–Trinajstić information content (AvgIpc) is 3.14. The van der Waals surface area contributed by atoms with Gasteiger partial charge in [-0.25, -0.2) is 14.5 Å². The van der Waals surface area contributed by atoms with Crippen molar-refractivity contribution in [1.29, 1.82) is 0 Å². The van der Waals surface area contributed by atoms with Gasteiger partial charge in [0.25, 0.3) is 0 Å². The molecule has 8 heteroatoms. The quantitative estimate of drug-likeness (QED) is 0.893. The first-order valence-corrected chi connectivity index (χ1v) is 8.90. The number of fused-ring (bicyclic) bond motifs is 1. The highest BCUT2D eigenvalue weighted by atomic mass is 32.1. The molecule has 1 aliphatic rings. The number of amides is 2. The Morgan fingerprint density at radius 3 is 3.00 bits per heavy atom. The van der Waals surface area contributed by atoms with Crippen LogP contribution in [-0.2, 0) is 16.7 Å². The summed E-state index contributed by atoms with van der Waals surface area (Å²) in [5, 5.41) is 11.9. The van der Waals surface area contributed by atoms with Gasteiger partial charge in [0.2, 0.25) is 5.95 Å². The summed E-state index contributed by atoms with van der Waals surface area (Å²) < 4.78 is 7.57. The second-order valence-corrected chi connectivity index (χ2v) is 7.91. The number of anilines is 1. The maximum absolute atomic E-state index is 12.2. The zero-order valence-corrected chi connectivity index (χ0v) is 15.2. The molecule has 0 saturated heterocycles.